The molecule has 0 heterocycles. The number of nitrogens with one attached hydrogen (secondary N) is 1. The van der Waals surface area contributed by atoms with E-state index in [-0.39, 0.29) is 24.3 Å². The van der Waals surface area contributed by atoms with Crippen LogP contribution in [0.4, 0.5) is 8.78 Å². The summed E-state index contributed by atoms with van der Waals surface area (Å²) < 4.78 is 26.7. The number of hydrogen-bond donors (Lipinski definition) is 2. The summed E-state index contributed by atoms with van der Waals surface area (Å²) in [6.07, 6.45) is 5.06. The number of halogens is 2. The molecule has 0 aromatic heterocycles. The number of carbonyl (C=O) groups is 2. The van der Waals surface area contributed by atoms with Crippen LogP contribution in [0.1, 0.15) is 50.5 Å². The summed E-state index contributed by atoms with van der Waals surface area (Å²) in [5.74, 6) is -2.88. The van der Waals surface area contributed by atoms with E-state index in [0.717, 1.165) is 43.9 Å². The van der Waals surface area contributed by atoms with Gasteiger partial charge in [-0.2, -0.15) is 0 Å². The first kappa shape index (κ1) is 18.4. The molecule has 2 rings (SSSR count). The molecule has 0 aliphatic heterocycles. The quantitative estimate of drug-likeness (QED) is 0.864. The highest BCUT2D eigenvalue weighted by molar-refractivity contribution is 5.78. The van der Waals surface area contributed by atoms with Gasteiger partial charge in [-0.15, -0.1) is 0 Å². The summed E-state index contributed by atoms with van der Waals surface area (Å²) in [5, 5.41) is 12.2. The summed E-state index contributed by atoms with van der Waals surface area (Å²) in [5.41, 5.74) is 0.151. The number of carboxylic acids is 1. The molecule has 4 nitrogen and oxygen atoms in total. The fourth-order valence-electron chi connectivity index (χ4n) is 3.21. The lowest BCUT2D eigenvalue weighted by atomic mass is 9.86. The van der Waals surface area contributed by atoms with Crippen molar-refractivity contribution in [3.63, 3.8) is 0 Å². The van der Waals surface area contributed by atoms with Gasteiger partial charge in [-0.25, -0.2) is 8.78 Å². The second kappa shape index (κ2) is 8.76. The smallest absolute Gasteiger partial charge is 0.308 e. The van der Waals surface area contributed by atoms with Gasteiger partial charge in [0, 0.05) is 12.5 Å². The molecule has 132 valence electrons. The first-order chi connectivity index (χ1) is 11.5. The van der Waals surface area contributed by atoms with Gasteiger partial charge in [0.1, 0.15) is 11.6 Å². The highest BCUT2D eigenvalue weighted by atomic mass is 19.1. The van der Waals surface area contributed by atoms with E-state index >= 15 is 0 Å². The Kier molecular flexibility index (Phi) is 6.70. The predicted octanol–water partition coefficient (Wildman–Crippen LogP) is 3.44. The van der Waals surface area contributed by atoms with Crippen LogP contribution in [0.3, 0.4) is 0 Å². The molecule has 0 spiro atoms. The van der Waals surface area contributed by atoms with E-state index < -0.39 is 29.6 Å². The first-order valence-corrected chi connectivity index (χ1v) is 8.43. The first-order valence-electron chi connectivity index (χ1n) is 8.43. The summed E-state index contributed by atoms with van der Waals surface area (Å²) in [6.45, 7) is 0. The lowest BCUT2D eigenvalue weighted by molar-refractivity contribution is -0.143. The zero-order valence-corrected chi connectivity index (χ0v) is 13.6. The molecule has 1 amide bonds. The molecule has 1 saturated carbocycles. The van der Waals surface area contributed by atoms with E-state index in [9.17, 15) is 23.5 Å². The normalized spacial score (nSPS) is 21.6. The molecule has 1 aliphatic carbocycles. The molecule has 1 fully saturated rings. The minimum atomic E-state index is -0.890. The summed E-state index contributed by atoms with van der Waals surface area (Å²) >= 11 is 0. The van der Waals surface area contributed by atoms with Crippen molar-refractivity contribution in [2.45, 2.75) is 57.4 Å². The van der Waals surface area contributed by atoms with Crippen molar-refractivity contribution in [3.05, 3.63) is 35.4 Å². The van der Waals surface area contributed by atoms with Crippen LogP contribution in [-0.2, 0) is 16.0 Å². The van der Waals surface area contributed by atoms with E-state index in [4.69, 9.17) is 0 Å². The Morgan fingerprint density at radius 3 is 2.54 bits per heavy atom. The average Bonchev–Trinajstić information content (AvgIpc) is 2.50. The molecule has 24 heavy (non-hydrogen) atoms. The van der Waals surface area contributed by atoms with Gasteiger partial charge in [0.15, 0.2) is 0 Å². The maximum absolute atomic E-state index is 13.6. The van der Waals surface area contributed by atoms with Gasteiger partial charge < -0.3 is 10.4 Å². The standard InChI is InChI=1S/C18H23F2NO3/c19-13-8-9-15(20)12(11-13)7-10-17(22)21-16-6-4-2-1-3-5-14(16)18(23)24/h8-9,11,14,16H,1-7,10H2,(H,21,22)(H,23,24). The van der Waals surface area contributed by atoms with E-state index in [1.807, 2.05) is 0 Å². The van der Waals surface area contributed by atoms with Gasteiger partial charge in [0.25, 0.3) is 0 Å². The minimum Gasteiger partial charge on any atom is -0.481 e. The number of aryl methyl sites for hydroxylation is 1. The Labute approximate surface area is 140 Å². The van der Waals surface area contributed by atoms with E-state index in [1.54, 1.807) is 0 Å². The van der Waals surface area contributed by atoms with Crippen molar-refractivity contribution in [1.82, 2.24) is 5.32 Å². The average molecular weight is 339 g/mol. The number of aliphatic carboxylic acids is 1. The third-order valence-corrected chi connectivity index (χ3v) is 4.56. The molecule has 6 heteroatoms. The molecule has 0 bridgehead atoms. The Hall–Kier alpha value is -1.98. The van der Waals surface area contributed by atoms with E-state index in [2.05, 4.69) is 5.32 Å². The fraction of sp³-hybridized carbons (Fsp3) is 0.556. The molecule has 1 aromatic rings. The molecule has 2 N–H and O–H groups in total. The van der Waals surface area contributed by atoms with Crippen LogP contribution in [0.5, 0.6) is 0 Å². The predicted molar refractivity (Wildman–Crippen MR) is 85.4 cm³/mol. The number of carboxylic acid groups (broad SMARTS) is 1. The molecular formula is C18H23F2NO3. The maximum atomic E-state index is 13.6. The van der Waals surface area contributed by atoms with Crippen LogP contribution in [0, 0.1) is 17.6 Å². The van der Waals surface area contributed by atoms with Crippen molar-refractivity contribution in [2.24, 2.45) is 5.92 Å². The van der Waals surface area contributed by atoms with Crippen molar-refractivity contribution in [3.8, 4) is 0 Å². The second-order valence-electron chi connectivity index (χ2n) is 6.35. The van der Waals surface area contributed by atoms with Crippen LogP contribution < -0.4 is 5.32 Å². The molecule has 2 unspecified atom stereocenters. The zero-order chi connectivity index (χ0) is 17.5. The SMILES string of the molecule is O=C(CCc1cc(F)ccc1F)NC1CCCCCCC1C(=O)O. The van der Waals surface area contributed by atoms with Crippen LogP contribution in [0.2, 0.25) is 0 Å². The number of rotatable bonds is 5. The Bertz CT molecular complexity index is 592. The molecule has 0 saturated heterocycles. The molecule has 2 atom stereocenters. The molecule has 0 radical (unpaired) electrons. The number of hydrogen-bond acceptors (Lipinski definition) is 2. The monoisotopic (exact) mass is 339 g/mol. The summed E-state index contributed by atoms with van der Waals surface area (Å²) in [4.78, 5) is 23.6. The third kappa shape index (κ3) is 5.28. The minimum absolute atomic E-state index is 0.00319. The zero-order valence-electron chi connectivity index (χ0n) is 13.6. The van der Waals surface area contributed by atoms with Gasteiger partial charge in [0.2, 0.25) is 5.91 Å². The van der Waals surface area contributed by atoms with E-state index in [1.165, 1.54) is 0 Å². The van der Waals surface area contributed by atoms with Crippen LogP contribution in [0.15, 0.2) is 18.2 Å². The van der Waals surface area contributed by atoms with Gasteiger partial charge >= 0.3 is 5.97 Å². The van der Waals surface area contributed by atoms with Crippen molar-refractivity contribution in [2.75, 3.05) is 0 Å². The van der Waals surface area contributed by atoms with Gasteiger partial charge in [0.05, 0.1) is 5.92 Å². The Morgan fingerprint density at radius 2 is 1.83 bits per heavy atom. The maximum Gasteiger partial charge on any atom is 0.308 e. The second-order valence-corrected chi connectivity index (χ2v) is 6.35. The highest BCUT2D eigenvalue weighted by Gasteiger charge is 2.29. The van der Waals surface area contributed by atoms with Crippen molar-refractivity contribution < 1.29 is 23.5 Å². The molecular weight excluding hydrogens is 316 g/mol. The van der Waals surface area contributed by atoms with Crippen LogP contribution >= 0.6 is 0 Å². The summed E-state index contributed by atoms with van der Waals surface area (Å²) in [6, 6.07) is 2.76. The number of carbonyl (C=O) groups excluding carboxylic acids is 1. The lowest BCUT2D eigenvalue weighted by Crippen LogP contribution is -2.44. The molecule has 1 aromatic carbocycles. The van der Waals surface area contributed by atoms with Gasteiger partial charge in [-0.3, -0.25) is 9.59 Å². The fourth-order valence-corrected chi connectivity index (χ4v) is 3.21. The van der Waals surface area contributed by atoms with Crippen LogP contribution in [0.25, 0.3) is 0 Å². The van der Waals surface area contributed by atoms with Crippen LogP contribution in [-0.4, -0.2) is 23.0 Å². The van der Waals surface area contributed by atoms with Crippen molar-refractivity contribution in [1.29, 1.82) is 0 Å². The van der Waals surface area contributed by atoms with Crippen molar-refractivity contribution >= 4 is 11.9 Å². The third-order valence-electron chi connectivity index (χ3n) is 4.56. The number of benzene rings is 1. The van der Waals surface area contributed by atoms with Gasteiger partial charge in [-0.1, -0.05) is 25.7 Å². The lowest BCUT2D eigenvalue weighted by Gasteiger charge is -2.27. The van der Waals surface area contributed by atoms with Gasteiger partial charge in [-0.05, 0) is 43.0 Å². The largest absolute Gasteiger partial charge is 0.481 e. The summed E-state index contributed by atoms with van der Waals surface area (Å²) in [7, 11) is 0. The molecule has 1 aliphatic rings. The Morgan fingerprint density at radius 1 is 1.12 bits per heavy atom. The number of amides is 1. The Balaban J connectivity index is 1.93. The van der Waals surface area contributed by atoms with E-state index in [0.29, 0.717) is 12.8 Å². The highest BCUT2D eigenvalue weighted by Crippen LogP contribution is 2.23. The topological polar surface area (TPSA) is 66.4 Å².